The Morgan fingerprint density at radius 2 is 2.00 bits per heavy atom. The molecule has 1 aromatic heterocycles. The molecule has 0 saturated heterocycles. The Morgan fingerprint density at radius 3 is 2.75 bits per heavy atom. The highest BCUT2D eigenvalue weighted by Crippen LogP contribution is 2.47. The third-order valence-corrected chi connectivity index (χ3v) is 4.55. The summed E-state index contributed by atoms with van der Waals surface area (Å²) in [6, 6.07) is 5.56. The standard InChI is InChI=1S/C17H16N2O5/c1-18-15(20)13-12-9(8-24-16(13)19(2)17(18)21)7-23-14-10(12)5-4-6-11(14)22-3/h4-6,8,12H,7H2,1-3H3. The molecule has 3 heterocycles. The minimum absolute atomic E-state index is 0.271. The van der Waals surface area contributed by atoms with Crippen LogP contribution >= 0.6 is 0 Å². The maximum Gasteiger partial charge on any atom is 0.333 e. The van der Waals surface area contributed by atoms with Gasteiger partial charge in [0.2, 0.25) is 5.88 Å². The number of methoxy groups -OCH3 is 1. The molecule has 24 heavy (non-hydrogen) atoms. The third kappa shape index (κ3) is 1.78. The zero-order valence-corrected chi connectivity index (χ0v) is 13.5. The third-order valence-electron chi connectivity index (χ3n) is 4.55. The molecule has 0 bridgehead atoms. The second-order valence-corrected chi connectivity index (χ2v) is 5.84. The predicted molar refractivity (Wildman–Crippen MR) is 86.0 cm³/mol. The lowest BCUT2D eigenvalue weighted by Gasteiger charge is -2.33. The molecule has 7 nitrogen and oxygen atoms in total. The van der Waals surface area contributed by atoms with Gasteiger partial charge in [-0.15, -0.1) is 0 Å². The molecule has 0 N–H and O–H groups in total. The molecule has 124 valence electrons. The average Bonchev–Trinajstić information content (AvgIpc) is 2.62. The highest BCUT2D eigenvalue weighted by Gasteiger charge is 2.37. The van der Waals surface area contributed by atoms with Crippen molar-refractivity contribution < 1.29 is 14.2 Å². The molecular formula is C17H16N2O5. The first-order valence-corrected chi connectivity index (χ1v) is 7.49. The van der Waals surface area contributed by atoms with Crippen molar-refractivity contribution in [3.8, 4) is 17.4 Å². The molecule has 0 radical (unpaired) electrons. The van der Waals surface area contributed by atoms with Crippen LogP contribution in [0.4, 0.5) is 0 Å². The molecule has 7 heteroatoms. The van der Waals surface area contributed by atoms with Crippen LogP contribution in [0, 0.1) is 0 Å². The Balaban J connectivity index is 2.06. The number of ether oxygens (including phenoxy) is 3. The van der Waals surface area contributed by atoms with E-state index in [9.17, 15) is 9.59 Å². The zero-order chi connectivity index (χ0) is 17.0. The molecule has 1 unspecified atom stereocenters. The van der Waals surface area contributed by atoms with Gasteiger partial charge in [-0.2, -0.15) is 0 Å². The predicted octanol–water partition coefficient (Wildman–Crippen LogP) is 0.893. The Bertz CT molecular complexity index is 999. The van der Waals surface area contributed by atoms with Crippen LogP contribution in [-0.2, 0) is 14.1 Å². The van der Waals surface area contributed by atoms with Gasteiger partial charge in [0.25, 0.3) is 5.56 Å². The second-order valence-electron chi connectivity index (χ2n) is 5.84. The van der Waals surface area contributed by atoms with Crippen molar-refractivity contribution in [2.24, 2.45) is 14.1 Å². The quantitative estimate of drug-likeness (QED) is 0.777. The van der Waals surface area contributed by atoms with E-state index in [0.717, 1.165) is 15.7 Å². The van der Waals surface area contributed by atoms with E-state index >= 15 is 0 Å². The number of fused-ring (bicyclic) bond motifs is 5. The molecular weight excluding hydrogens is 312 g/mol. The summed E-state index contributed by atoms with van der Waals surface area (Å²) in [6.45, 7) is 0.295. The van der Waals surface area contributed by atoms with E-state index in [4.69, 9.17) is 14.2 Å². The van der Waals surface area contributed by atoms with Crippen LogP contribution in [0.3, 0.4) is 0 Å². The summed E-state index contributed by atoms with van der Waals surface area (Å²) in [5.74, 6) is 1.18. The smallest absolute Gasteiger partial charge is 0.333 e. The van der Waals surface area contributed by atoms with Gasteiger partial charge in [0.05, 0.1) is 24.9 Å². The van der Waals surface area contributed by atoms with Gasteiger partial charge >= 0.3 is 5.69 Å². The van der Waals surface area contributed by atoms with Crippen LogP contribution in [0.15, 0.2) is 39.6 Å². The van der Waals surface area contributed by atoms with Gasteiger partial charge in [-0.1, -0.05) is 12.1 Å². The van der Waals surface area contributed by atoms with E-state index in [1.54, 1.807) is 20.4 Å². The fourth-order valence-electron chi connectivity index (χ4n) is 3.33. The van der Waals surface area contributed by atoms with Gasteiger partial charge in [0.1, 0.15) is 6.61 Å². The van der Waals surface area contributed by atoms with Crippen molar-refractivity contribution in [3.05, 3.63) is 62.0 Å². The number of benzene rings is 1. The van der Waals surface area contributed by atoms with Gasteiger partial charge < -0.3 is 14.2 Å². The molecule has 2 aliphatic rings. The normalized spacial score (nSPS) is 17.6. The topological polar surface area (TPSA) is 71.7 Å². The van der Waals surface area contributed by atoms with Crippen LogP contribution in [0.2, 0.25) is 0 Å². The number of hydrogen-bond donors (Lipinski definition) is 0. The summed E-state index contributed by atoms with van der Waals surface area (Å²) in [6.07, 6.45) is 1.56. The van der Waals surface area contributed by atoms with Crippen LogP contribution in [0.1, 0.15) is 17.0 Å². The van der Waals surface area contributed by atoms with Gasteiger partial charge in [-0.05, 0) is 6.07 Å². The molecule has 1 aromatic carbocycles. The Kier molecular flexibility index (Phi) is 3.06. The molecule has 2 aromatic rings. The first-order valence-electron chi connectivity index (χ1n) is 7.49. The fraction of sp³-hybridized carbons (Fsp3) is 0.294. The second kappa shape index (κ2) is 5.02. The number of para-hydroxylation sites is 1. The lowest BCUT2D eigenvalue weighted by Crippen LogP contribution is -2.42. The summed E-state index contributed by atoms with van der Waals surface area (Å²) >= 11 is 0. The van der Waals surface area contributed by atoms with Crippen molar-refractivity contribution in [3.63, 3.8) is 0 Å². The maximum absolute atomic E-state index is 12.8. The first kappa shape index (κ1) is 14.6. The zero-order valence-electron chi connectivity index (χ0n) is 13.5. The molecule has 0 fully saturated rings. The summed E-state index contributed by atoms with van der Waals surface area (Å²) < 4.78 is 19.2. The van der Waals surface area contributed by atoms with Crippen molar-refractivity contribution in [1.82, 2.24) is 9.13 Å². The first-order chi connectivity index (χ1) is 11.5. The Hall–Kier alpha value is -2.96. The van der Waals surface area contributed by atoms with Crippen molar-refractivity contribution in [2.75, 3.05) is 13.7 Å². The van der Waals surface area contributed by atoms with Crippen molar-refractivity contribution in [2.45, 2.75) is 5.92 Å². The number of nitrogens with zero attached hydrogens (tertiary/aromatic N) is 2. The summed E-state index contributed by atoms with van der Waals surface area (Å²) in [5.41, 5.74) is 1.31. The highest BCUT2D eigenvalue weighted by atomic mass is 16.5. The van der Waals surface area contributed by atoms with E-state index in [0.29, 0.717) is 23.7 Å². The monoisotopic (exact) mass is 328 g/mol. The molecule has 1 atom stereocenters. The molecule has 0 saturated carbocycles. The summed E-state index contributed by atoms with van der Waals surface area (Å²) in [4.78, 5) is 24.9. The summed E-state index contributed by atoms with van der Waals surface area (Å²) in [5, 5.41) is 0. The summed E-state index contributed by atoms with van der Waals surface area (Å²) in [7, 11) is 4.63. The minimum Gasteiger partial charge on any atom is -0.493 e. The van der Waals surface area contributed by atoms with Crippen LogP contribution in [0.25, 0.3) is 0 Å². The van der Waals surface area contributed by atoms with Gasteiger partial charge in [0, 0.05) is 25.2 Å². The van der Waals surface area contributed by atoms with E-state index < -0.39 is 5.69 Å². The SMILES string of the molecule is COc1cccc2c1OCC1=COc3c(c(=O)n(C)c(=O)n3C)C12. The van der Waals surface area contributed by atoms with Crippen LogP contribution in [-0.4, -0.2) is 22.9 Å². The average molecular weight is 328 g/mol. The molecule has 0 aliphatic carbocycles. The van der Waals surface area contributed by atoms with E-state index in [2.05, 4.69) is 0 Å². The molecule has 4 rings (SSSR count). The number of aromatic nitrogens is 2. The number of hydrogen-bond acceptors (Lipinski definition) is 5. The lowest BCUT2D eigenvalue weighted by atomic mass is 9.83. The van der Waals surface area contributed by atoms with Gasteiger partial charge in [-0.25, -0.2) is 4.79 Å². The highest BCUT2D eigenvalue weighted by molar-refractivity contribution is 5.58. The van der Waals surface area contributed by atoms with E-state index in [-0.39, 0.29) is 17.4 Å². The fourth-order valence-corrected chi connectivity index (χ4v) is 3.33. The van der Waals surface area contributed by atoms with Gasteiger partial charge in [0.15, 0.2) is 11.5 Å². The van der Waals surface area contributed by atoms with Crippen molar-refractivity contribution in [1.29, 1.82) is 0 Å². The van der Waals surface area contributed by atoms with Crippen LogP contribution < -0.4 is 25.5 Å². The van der Waals surface area contributed by atoms with E-state index in [1.165, 1.54) is 11.6 Å². The molecule has 0 amide bonds. The van der Waals surface area contributed by atoms with E-state index in [1.807, 2.05) is 18.2 Å². The molecule has 0 spiro atoms. The van der Waals surface area contributed by atoms with Gasteiger partial charge in [-0.3, -0.25) is 13.9 Å². The van der Waals surface area contributed by atoms with Crippen LogP contribution in [0.5, 0.6) is 17.4 Å². The Morgan fingerprint density at radius 1 is 1.21 bits per heavy atom. The lowest BCUT2D eigenvalue weighted by molar-refractivity contribution is 0.282. The Labute approximate surface area is 137 Å². The van der Waals surface area contributed by atoms with Crippen molar-refractivity contribution >= 4 is 0 Å². The number of rotatable bonds is 1. The molecule has 2 aliphatic heterocycles. The minimum atomic E-state index is -0.423. The largest absolute Gasteiger partial charge is 0.493 e. The maximum atomic E-state index is 12.8.